The molecule has 1 aromatic heterocycles. The fourth-order valence-corrected chi connectivity index (χ4v) is 1.53. The van der Waals surface area contributed by atoms with E-state index < -0.39 is 43.6 Å². The summed E-state index contributed by atoms with van der Waals surface area (Å²) in [4.78, 5) is 11.7. The summed E-state index contributed by atoms with van der Waals surface area (Å²) in [5.74, 6) is -3.13. The predicted molar refractivity (Wildman–Crippen MR) is 47.2 cm³/mol. The lowest BCUT2D eigenvalue weighted by Gasteiger charge is -2.02. The first-order valence-corrected chi connectivity index (χ1v) is 5.35. The van der Waals surface area contributed by atoms with Gasteiger partial charge in [-0.05, 0) is 16.0 Å². The van der Waals surface area contributed by atoms with Crippen LogP contribution in [0.4, 0.5) is 19.0 Å². The van der Waals surface area contributed by atoms with E-state index >= 15 is 0 Å². The van der Waals surface area contributed by atoms with Gasteiger partial charge in [-0.3, -0.25) is 0 Å². The molecule has 2 N–H and O–H groups in total. The zero-order valence-electron chi connectivity index (χ0n) is 7.80. The van der Waals surface area contributed by atoms with E-state index in [4.69, 9.17) is 0 Å². The second kappa shape index (κ2) is 4.25. The van der Waals surface area contributed by atoms with Crippen LogP contribution in [0.3, 0.4) is 0 Å². The second-order valence-electron chi connectivity index (χ2n) is 2.79. The molecule has 0 aliphatic carbocycles. The van der Waals surface area contributed by atoms with Crippen molar-refractivity contribution in [1.82, 2.24) is 4.98 Å². The van der Waals surface area contributed by atoms with Crippen LogP contribution >= 0.6 is 0 Å². The van der Waals surface area contributed by atoms with Gasteiger partial charge in [0.2, 0.25) is 0 Å². The summed E-state index contributed by atoms with van der Waals surface area (Å²) in [5, 5.41) is 13.4. The molecule has 0 amide bonds. The van der Waals surface area contributed by atoms with E-state index in [1.165, 1.54) is 0 Å². The van der Waals surface area contributed by atoms with Crippen LogP contribution < -0.4 is 5.14 Å². The van der Waals surface area contributed by atoms with E-state index in [1.807, 2.05) is 0 Å². The molecule has 1 rings (SSSR count). The average molecular weight is 271 g/mol. The molecule has 0 aromatic carbocycles. The lowest BCUT2D eigenvalue weighted by molar-refractivity contribution is -0.391. The minimum atomic E-state index is -4.67. The molecule has 0 bridgehead atoms. The summed E-state index contributed by atoms with van der Waals surface area (Å²) in [6.45, 7) is 0. The van der Waals surface area contributed by atoms with Crippen LogP contribution in [0.25, 0.3) is 0 Å². The Bertz CT molecular complexity index is 574. The highest BCUT2D eigenvalue weighted by molar-refractivity contribution is 7.89. The first-order valence-electron chi connectivity index (χ1n) is 3.80. The summed E-state index contributed by atoms with van der Waals surface area (Å²) < 4.78 is 59.2. The summed E-state index contributed by atoms with van der Waals surface area (Å²) in [5.41, 5.74) is -1.32. The van der Waals surface area contributed by atoms with Crippen LogP contribution in [0.5, 0.6) is 0 Å². The summed E-state index contributed by atoms with van der Waals surface area (Å²) in [6.07, 6.45) is -3.37. The smallest absolute Gasteiger partial charge is 0.358 e. The number of sulfonamides is 1. The third-order valence-electron chi connectivity index (χ3n) is 1.63. The molecule has 11 heteroatoms. The Hall–Kier alpha value is -1.75. The van der Waals surface area contributed by atoms with Gasteiger partial charge in [-0.15, -0.1) is 0 Å². The van der Waals surface area contributed by atoms with Gasteiger partial charge in [-0.1, -0.05) is 0 Å². The van der Waals surface area contributed by atoms with Crippen molar-refractivity contribution in [2.75, 3.05) is 0 Å². The zero-order valence-corrected chi connectivity index (χ0v) is 8.62. The van der Waals surface area contributed by atoms with E-state index in [1.54, 1.807) is 0 Å². The number of halogens is 3. The molecule has 0 unspecified atom stereocenters. The normalized spacial score (nSPS) is 11.8. The number of nitro groups is 1. The van der Waals surface area contributed by atoms with Crippen LogP contribution in [0.2, 0.25) is 0 Å². The topological polar surface area (TPSA) is 116 Å². The molecule has 0 spiro atoms. The minimum Gasteiger partial charge on any atom is -0.358 e. The molecular formula is C6H4F3N3O4S. The van der Waals surface area contributed by atoms with Crippen molar-refractivity contribution in [2.24, 2.45) is 5.14 Å². The molecule has 1 heterocycles. The molecule has 0 aliphatic heterocycles. The van der Waals surface area contributed by atoms with Crippen molar-refractivity contribution in [2.45, 2.75) is 11.5 Å². The predicted octanol–water partition coefficient (Wildman–Crippen LogP) is 0.714. The fourth-order valence-electron chi connectivity index (χ4n) is 0.983. The van der Waals surface area contributed by atoms with E-state index in [9.17, 15) is 31.7 Å². The molecule has 1 aromatic rings. The second-order valence-corrected chi connectivity index (χ2v) is 4.27. The van der Waals surface area contributed by atoms with Crippen LogP contribution in [-0.2, 0) is 10.0 Å². The summed E-state index contributed by atoms with van der Waals surface area (Å²) in [7, 11) is -4.67. The van der Waals surface area contributed by atoms with Gasteiger partial charge in [0.05, 0.1) is 0 Å². The standard InChI is InChI=1S/C6H4F3N3O4S/c7-3-1-2(4(8)9)5(12(13)14)11-6(3)17(10,15)16/h1,4H,(H2,10,15,16). The Labute approximate surface area is 92.3 Å². The van der Waals surface area contributed by atoms with Gasteiger partial charge in [0, 0.05) is 0 Å². The Kier molecular flexibility index (Phi) is 3.33. The number of aromatic nitrogens is 1. The van der Waals surface area contributed by atoms with E-state index in [0.717, 1.165) is 0 Å². The SMILES string of the molecule is NS(=O)(=O)c1nc([N+](=O)[O-])c(C(F)F)cc1F. The van der Waals surface area contributed by atoms with Gasteiger partial charge < -0.3 is 10.1 Å². The van der Waals surface area contributed by atoms with Crippen molar-refractivity contribution in [1.29, 1.82) is 0 Å². The van der Waals surface area contributed by atoms with Crippen molar-refractivity contribution < 1.29 is 26.5 Å². The number of pyridine rings is 1. The molecule has 7 nitrogen and oxygen atoms in total. The van der Waals surface area contributed by atoms with Crippen LogP contribution in [0, 0.1) is 15.9 Å². The van der Waals surface area contributed by atoms with E-state index in [0.29, 0.717) is 0 Å². The lowest BCUT2D eigenvalue weighted by atomic mass is 10.2. The van der Waals surface area contributed by atoms with Crippen molar-refractivity contribution in [3.63, 3.8) is 0 Å². The zero-order chi connectivity index (χ0) is 13.4. The number of alkyl halides is 2. The Morgan fingerprint density at radius 2 is 2.00 bits per heavy atom. The monoisotopic (exact) mass is 271 g/mol. The number of rotatable bonds is 3. The highest BCUT2D eigenvalue weighted by Crippen LogP contribution is 2.29. The van der Waals surface area contributed by atoms with Crippen molar-refractivity contribution in [3.05, 3.63) is 27.6 Å². The summed E-state index contributed by atoms with van der Waals surface area (Å²) in [6, 6.07) is 0.0234. The number of nitrogens with zero attached hydrogens (tertiary/aromatic N) is 2. The van der Waals surface area contributed by atoms with Crippen LogP contribution in [0.15, 0.2) is 11.1 Å². The van der Waals surface area contributed by atoms with E-state index in [2.05, 4.69) is 10.1 Å². The van der Waals surface area contributed by atoms with E-state index in [-0.39, 0.29) is 6.07 Å². The van der Waals surface area contributed by atoms with Crippen LogP contribution in [0.1, 0.15) is 12.0 Å². The molecule has 0 saturated heterocycles. The van der Waals surface area contributed by atoms with Gasteiger partial charge in [-0.25, -0.2) is 26.7 Å². The maximum Gasteiger partial charge on any atom is 0.374 e. The Balaban J connectivity index is 3.63. The maximum absolute atomic E-state index is 13.1. The number of primary sulfonamides is 1. The lowest BCUT2D eigenvalue weighted by Crippen LogP contribution is -2.17. The maximum atomic E-state index is 13.1. The molecule has 0 atom stereocenters. The minimum absolute atomic E-state index is 0.0234. The largest absolute Gasteiger partial charge is 0.374 e. The fraction of sp³-hybridized carbons (Fsp3) is 0.167. The highest BCUT2D eigenvalue weighted by Gasteiger charge is 2.32. The number of nitrogens with two attached hydrogens (primary N) is 1. The number of hydrogen-bond acceptors (Lipinski definition) is 5. The van der Waals surface area contributed by atoms with Gasteiger partial charge >= 0.3 is 10.8 Å². The van der Waals surface area contributed by atoms with Gasteiger partial charge in [0.25, 0.3) is 16.4 Å². The van der Waals surface area contributed by atoms with Gasteiger partial charge in [0.1, 0.15) is 5.56 Å². The van der Waals surface area contributed by atoms with Gasteiger partial charge in [0.15, 0.2) is 5.82 Å². The Morgan fingerprint density at radius 3 is 2.35 bits per heavy atom. The average Bonchev–Trinajstić information content (AvgIpc) is 2.14. The molecule has 0 saturated carbocycles. The molecule has 94 valence electrons. The number of hydrogen-bond donors (Lipinski definition) is 1. The molecule has 0 radical (unpaired) electrons. The first-order chi connectivity index (χ1) is 7.64. The Morgan fingerprint density at radius 1 is 1.47 bits per heavy atom. The third kappa shape index (κ3) is 2.68. The van der Waals surface area contributed by atoms with Gasteiger partial charge in [-0.2, -0.15) is 0 Å². The summed E-state index contributed by atoms with van der Waals surface area (Å²) >= 11 is 0. The first kappa shape index (κ1) is 13.3. The van der Waals surface area contributed by atoms with Crippen molar-refractivity contribution in [3.8, 4) is 0 Å². The molecule has 0 aliphatic rings. The quantitative estimate of drug-likeness (QED) is 0.642. The third-order valence-corrected chi connectivity index (χ3v) is 2.46. The molecule has 0 fully saturated rings. The highest BCUT2D eigenvalue weighted by atomic mass is 32.2. The molecule has 17 heavy (non-hydrogen) atoms. The van der Waals surface area contributed by atoms with Crippen LogP contribution in [-0.4, -0.2) is 18.3 Å². The molecular weight excluding hydrogens is 267 g/mol. The van der Waals surface area contributed by atoms with Crippen molar-refractivity contribution >= 4 is 15.8 Å².